The molecule has 4 nitrogen and oxygen atoms in total. The predicted octanol–water partition coefficient (Wildman–Crippen LogP) is 5.31. The van der Waals surface area contributed by atoms with Crippen LogP contribution in [0.15, 0.2) is 53.3 Å². The van der Waals surface area contributed by atoms with Crippen LogP contribution >= 0.6 is 0 Å². The number of aromatic amines is 1. The summed E-state index contributed by atoms with van der Waals surface area (Å²) in [5.74, 6) is 1.09. The zero-order chi connectivity index (χ0) is 20.1. The molecular formula is C24H31N3O. The van der Waals surface area contributed by atoms with Crippen molar-refractivity contribution in [3.8, 4) is 0 Å². The quantitative estimate of drug-likeness (QED) is 0.559. The Morgan fingerprint density at radius 3 is 2.43 bits per heavy atom. The van der Waals surface area contributed by atoms with Crippen molar-refractivity contribution in [2.75, 3.05) is 0 Å². The van der Waals surface area contributed by atoms with Crippen molar-refractivity contribution >= 4 is 10.9 Å². The smallest absolute Gasteiger partial charge is 0.258 e. The van der Waals surface area contributed by atoms with Gasteiger partial charge in [-0.1, -0.05) is 63.6 Å². The van der Waals surface area contributed by atoms with Gasteiger partial charge in [0.15, 0.2) is 0 Å². The molecule has 3 rings (SSSR count). The zero-order valence-electron chi connectivity index (χ0n) is 17.3. The molecule has 0 amide bonds. The fourth-order valence-electron chi connectivity index (χ4n) is 3.60. The lowest BCUT2D eigenvalue weighted by Gasteiger charge is -2.27. The van der Waals surface area contributed by atoms with Gasteiger partial charge in [0, 0.05) is 6.04 Å². The van der Waals surface area contributed by atoms with Gasteiger partial charge in [-0.3, -0.25) is 4.79 Å². The van der Waals surface area contributed by atoms with E-state index in [-0.39, 0.29) is 17.6 Å². The molecule has 4 heteroatoms. The Morgan fingerprint density at radius 1 is 1.04 bits per heavy atom. The van der Waals surface area contributed by atoms with E-state index < -0.39 is 0 Å². The summed E-state index contributed by atoms with van der Waals surface area (Å²) in [6.45, 7) is 8.70. The van der Waals surface area contributed by atoms with Gasteiger partial charge in [-0.15, -0.1) is 0 Å². The standard InChI is InChI=1S/C24H31N3O/c1-5-6-9-18-12-14-19(15-13-18)22(16(2)3)25-17(4)23-26-21-11-8-7-10-20(21)24(28)27-23/h7-8,10-17,22,25H,5-6,9H2,1-4H3,(H,26,27,28)/t17-,22+/m0/s1. The van der Waals surface area contributed by atoms with Crippen LogP contribution in [-0.2, 0) is 6.42 Å². The Balaban J connectivity index is 1.81. The monoisotopic (exact) mass is 377 g/mol. The van der Waals surface area contributed by atoms with Crippen LogP contribution in [0.25, 0.3) is 10.9 Å². The number of hydrogen-bond donors (Lipinski definition) is 2. The minimum absolute atomic E-state index is 0.0653. The van der Waals surface area contributed by atoms with Gasteiger partial charge in [0.25, 0.3) is 5.56 Å². The average Bonchev–Trinajstić information content (AvgIpc) is 2.70. The predicted molar refractivity (Wildman–Crippen MR) is 117 cm³/mol. The topological polar surface area (TPSA) is 57.8 Å². The summed E-state index contributed by atoms with van der Waals surface area (Å²) >= 11 is 0. The minimum atomic E-state index is -0.0874. The van der Waals surface area contributed by atoms with Crippen molar-refractivity contribution in [2.24, 2.45) is 5.92 Å². The van der Waals surface area contributed by atoms with Gasteiger partial charge >= 0.3 is 0 Å². The van der Waals surface area contributed by atoms with Crippen LogP contribution < -0.4 is 10.9 Å². The highest BCUT2D eigenvalue weighted by Gasteiger charge is 2.20. The molecular weight excluding hydrogens is 346 g/mol. The number of H-pyrrole nitrogens is 1. The fourth-order valence-corrected chi connectivity index (χ4v) is 3.60. The average molecular weight is 378 g/mol. The van der Waals surface area contributed by atoms with Gasteiger partial charge in [-0.05, 0) is 48.9 Å². The van der Waals surface area contributed by atoms with Crippen LogP contribution in [0.2, 0.25) is 0 Å². The van der Waals surface area contributed by atoms with Gasteiger partial charge in [-0.2, -0.15) is 0 Å². The van der Waals surface area contributed by atoms with Crippen LogP contribution in [0.4, 0.5) is 0 Å². The molecule has 0 aliphatic carbocycles. The van der Waals surface area contributed by atoms with E-state index in [9.17, 15) is 4.79 Å². The number of nitrogens with zero attached hydrogens (tertiary/aromatic N) is 1. The Bertz CT molecular complexity index is 959. The summed E-state index contributed by atoms with van der Waals surface area (Å²) in [6, 6.07) is 16.5. The maximum Gasteiger partial charge on any atom is 0.258 e. The second-order valence-electron chi connectivity index (χ2n) is 7.92. The molecule has 1 aromatic heterocycles. The Labute approximate surface area is 167 Å². The molecule has 2 atom stereocenters. The Morgan fingerprint density at radius 2 is 1.75 bits per heavy atom. The molecule has 2 aromatic carbocycles. The molecule has 0 aliphatic heterocycles. The van der Waals surface area contributed by atoms with Gasteiger partial charge in [0.1, 0.15) is 5.82 Å². The molecule has 0 radical (unpaired) electrons. The molecule has 0 saturated carbocycles. The first-order valence-electron chi connectivity index (χ1n) is 10.3. The SMILES string of the molecule is CCCCc1ccc([C@H](N[C@@H](C)c2nc3ccccc3c(=O)[nH]2)C(C)C)cc1. The van der Waals surface area contributed by atoms with E-state index >= 15 is 0 Å². The highest BCUT2D eigenvalue weighted by atomic mass is 16.1. The molecule has 0 fully saturated rings. The third kappa shape index (κ3) is 4.68. The molecule has 0 bridgehead atoms. The lowest BCUT2D eigenvalue weighted by atomic mass is 9.93. The number of aromatic nitrogens is 2. The van der Waals surface area contributed by atoms with Crippen molar-refractivity contribution in [3.05, 3.63) is 75.8 Å². The summed E-state index contributed by atoms with van der Waals surface area (Å²) in [5.41, 5.74) is 3.30. The molecule has 0 unspecified atom stereocenters. The third-order valence-electron chi connectivity index (χ3n) is 5.30. The largest absolute Gasteiger partial charge is 0.309 e. The van der Waals surface area contributed by atoms with E-state index in [2.05, 4.69) is 67.2 Å². The van der Waals surface area contributed by atoms with Crippen LogP contribution in [0, 0.1) is 5.92 Å². The summed E-state index contributed by atoms with van der Waals surface area (Å²) in [6.07, 6.45) is 3.57. The summed E-state index contributed by atoms with van der Waals surface area (Å²) in [7, 11) is 0. The highest BCUT2D eigenvalue weighted by Crippen LogP contribution is 2.25. The number of nitrogens with one attached hydrogen (secondary N) is 2. The highest BCUT2D eigenvalue weighted by molar-refractivity contribution is 5.77. The number of hydrogen-bond acceptors (Lipinski definition) is 3. The second kappa shape index (κ2) is 9.16. The Hall–Kier alpha value is -2.46. The zero-order valence-corrected chi connectivity index (χ0v) is 17.3. The second-order valence-corrected chi connectivity index (χ2v) is 7.92. The molecule has 28 heavy (non-hydrogen) atoms. The third-order valence-corrected chi connectivity index (χ3v) is 5.30. The molecule has 0 saturated heterocycles. The summed E-state index contributed by atoms with van der Waals surface area (Å²) < 4.78 is 0. The van der Waals surface area contributed by atoms with Gasteiger partial charge in [-0.25, -0.2) is 4.98 Å². The van der Waals surface area contributed by atoms with E-state index in [1.807, 2.05) is 18.2 Å². The Kier molecular flexibility index (Phi) is 6.63. The first-order valence-corrected chi connectivity index (χ1v) is 10.3. The molecule has 3 aromatic rings. The van der Waals surface area contributed by atoms with E-state index in [1.54, 1.807) is 6.07 Å². The van der Waals surface area contributed by atoms with E-state index in [1.165, 1.54) is 24.0 Å². The number of rotatable bonds is 8. The molecule has 2 N–H and O–H groups in total. The first kappa shape index (κ1) is 20.3. The van der Waals surface area contributed by atoms with Crippen molar-refractivity contribution in [1.29, 1.82) is 0 Å². The lowest BCUT2D eigenvalue weighted by molar-refractivity contribution is 0.367. The number of fused-ring (bicyclic) bond motifs is 1. The van der Waals surface area contributed by atoms with Gasteiger partial charge in [0.05, 0.1) is 16.9 Å². The molecule has 0 aliphatic rings. The van der Waals surface area contributed by atoms with Crippen molar-refractivity contribution in [3.63, 3.8) is 0 Å². The van der Waals surface area contributed by atoms with Gasteiger partial charge in [0.2, 0.25) is 0 Å². The van der Waals surface area contributed by atoms with E-state index in [0.717, 1.165) is 11.9 Å². The number of unbranched alkanes of at least 4 members (excludes halogenated alkanes) is 1. The summed E-state index contributed by atoms with van der Waals surface area (Å²) in [5, 5.41) is 4.30. The van der Waals surface area contributed by atoms with Crippen LogP contribution in [0.5, 0.6) is 0 Å². The lowest BCUT2D eigenvalue weighted by Crippen LogP contribution is -2.30. The van der Waals surface area contributed by atoms with E-state index in [0.29, 0.717) is 17.1 Å². The van der Waals surface area contributed by atoms with E-state index in [4.69, 9.17) is 0 Å². The maximum atomic E-state index is 12.4. The van der Waals surface area contributed by atoms with Crippen LogP contribution in [0.1, 0.15) is 69.6 Å². The number of benzene rings is 2. The fraction of sp³-hybridized carbons (Fsp3) is 0.417. The molecule has 148 valence electrons. The summed E-state index contributed by atoms with van der Waals surface area (Å²) in [4.78, 5) is 20.0. The molecule has 1 heterocycles. The number of para-hydroxylation sites is 1. The molecule has 0 spiro atoms. The van der Waals surface area contributed by atoms with Crippen LogP contribution in [0.3, 0.4) is 0 Å². The minimum Gasteiger partial charge on any atom is -0.309 e. The van der Waals surface area contributed by atoms with Crippen molar-refractivity contribution < 1.29 is 0 Å². The van der Waals surface area contributed by atoms with Gasteiger partial charge < -0.3 is 10.3 Å². The van der Waals surface area contributed by atoms with Crippen LogP contribution in [-0.4, -0.2) is 9.97 Å². The maximum absolute atomic E-state index is 12.4. The van der Waals surface area contributed by atoms with Crippen molar-refractivity contribution in [1.82, 2.24) is 15.3 Å². The normalized spacial score (nSPS) is 13.8. The number of aryl methyl sites for hydroxylation is 1. The first-order chi connectivity index (χ1) is 13.5. The van der Waals surface area contributed by atoms with Crippen molar-refractivity contribution in [2.45, 2.75) is 59.0 Å².